The minimum absolute atomic E-state index is 0.00137. The number of aliphatic hydroxyl groups excluding tert-OH is 1. The number of carbonyl (C=O) groups excluding carboxylic acids is 3. The summed E-state index contributed by atoms with van der Waals surface area (Å²) in [6.07, 6.45) is -1.20. The van der Waals surface area contributed by atoms with Crippen molar-refractivity contribution in [2.75, 3.05) is 19.7 Å². The second-order valence-corrected chi connectivity index (χ2v) is 8.63. The molecule has 1 aliphatic heterocycles. The number of urea groups is 1. The highest BCUT2D eigenvalue weighted by atomic mass is 32.2. The average molecular weight is 427 g/mol. The summed E-state index contributed by atoms with van der Waals surface area (Å²) in [5.74, 6) is -1.83. The number of sulfonamides is 1. The zero-order valence-electron chi connectivity index (χ0n) is 16.5. The molecule has 11 heteroatoms. The van der Waals surface area contributed by atoms with Crippen molar-refractivity contribution in [2.45, 2.75) is 44.2 Å². The van der Waals surface area contributed by atoms with Crippen molar-refractivity contribution in [3.05, 3.63) is 29.3 Å². The van der Waals surface area contributed by atoms with Gasteiger partial charge in [0.2, 0.25) is 10.0 Å². The molecule has 0 saturated carbocycles. The maximum absolute atomic E-state index is 13.0. The molecule has 2 atom stereocenters. The van der Waals surface area contributed by atoms with Gasteiger partial charge < -0.3 is 15.2 Å². The number of carbonyl (C=O) groups is 3. The van der Waals surface area contributed by atoms with Crippen LogP contribution in [0.2, 0.25) is 0 Å². The van der Waals surface area contributed by atoms with Crippen molar-refractivity contribution in [3.63, 3.8) is 0 Å². The minimum atomic E-state index is -4.06. The smallest absolute Gasteiger partial charge is 0.325 e. The van der Waals surface area contributed by atoms with Crippen LogP contribution in [0.5, 0.6) is 0 Å². The predicted octanol–water partition coefficient (Wildman–Crippen LogP) is -0.184. The fourth-order valence-electron chi connectivity index (χ4n) is 2.87. The monoisotopic (exact) mass is 427 g/mol. The molecule has 1 saturated heterocycles. The van der Waals surface area contributed by atoms with Crippen LogP contribution in [0.15, 0.2) is 23.1 Å². The molecule has 1 fully saturated rings. The Hall–Kier alpha value is -2.50. The second kappa shape index (κ2) is 9.33. The summed E-state index contributed by atoms with van der Waals surface area (Å²) in [6, 6.07) is 2.59. The number of aryl methyl sites for hydroxylation is 2. The zero-order chi connectivity index (χ0) is 21.8. The Labute approximate surface area is 169 Å². The van der Waals surface area contributed by atoms with E-state index in [1.165, 1.54) is 12.1 Å². The number of amides is 3. The van der Waals surface area contributed by atoms with Gasteiger partial charge in [0, 0.05) is 19.5 Å². The number of hydrogen-bond donors (Lipinski definition) is 3. The Kier molecular flexibility index (Phi) is 7.33. The van der Waals surface area contributed by atoms with Gasteiger partial charge in [0.25, 0.3) is 5.91 Å². The molecule has 3 N–H and O–H groups in total. The average Bonchev–Trinajstić information content (AvgIpc) is 3.04. The number of nitrogens with zero attached hydrogens (tertiary/aromatic N) is 1. The number of imide groups is 1. The summed E-state index contributed by atoms with van der Waals surface area (Å²) >= 11 is 0. The fourth-order valence-corrected chi connectivity index (χ4v) is 4.59. The Morgan fingerprint density at radius 2 is 1.93 bits per heavy atom. The number of ether oxygens (including phenoxy) is 1. The van der Waals surface area contributed by atoms with Crippen LogP contribution in [-0.2, 0) is 24.3 Å². The molecule has 0 spiro atoms. The second-order valence-electron chi connectivity index (χ2n) is 6.74. The topological polar surface area (TPSA) is 142 Å². The summed E-state index contributed by atoms with van der Waals surface area (Å²) in [5, 5.41) is 14.3. The quantitative estimate of drug-likeness (QED) is 0.534. The normalized spacial score (nSPS) is 19.6. The molecular formula is C18H25N3O7S. The van der Waals surface area contributed by atoms with E-state index in [9.17, 15) is 27.9 Å². The number of benzene rings is 1. The summed E-state index contributed by atoms with van der Waals surface area (Å²) < 4.78 is 31.7. The van der Waals surface area contributed by atoms with Crippen LogP contribution in [0.25, 0.3) is 0 Å². The number of esters is 1. The predicted molar refractivity (Wildman–Crippen MR) is 102 cm³/mol. The van der Waals surface area contributed by atoms with Crippen molar-refractivity contribution in [2.24, 2.45) is 0 Å². The first-order valence-corrected chi connectivity index (χ1v) is 10.5. The maximum Gasteiger partial charge on any atom is 0.325 e. The third-order valence-electron chi connectivity index (χ3n) is 4.53. The highest BCUT2D eigenvalue weighted by molar-refractivity contribution is 7.89. The number of aliphatic hydroxyl groups is 1. The summed E-state index contributed by atoms with van der Waals surface area (Å²) in [4.78, 5) is 35.3. The van der Waals surface area contributed by atoms with Crippen LogP contribution in [0.1, 0.15) is 24.5 Å². The lowest BCUT2D eigenvalue weighted by atomic mass is 10.1. The highest BCUT2D eigenvalue weighted by Gasteiger charge is 2.44. The van der Waals surface area contributed by atoms with E-state index in [4.69, 9.17) is 4.74 Å². The number of rotatable bonds is 6. The molecule has 1 heterocycles. The lowest BCUT2D eigenvalue weighted by Crippen LogP contribution is -2.44. The van der Waals surface area contributed by atoms with E-state index in [1.54, 1.807) is 19.9 Å². The van der Waals surface area contributed by atoms with Gasteiger partial charge in [0.1, 0.15) is 6.04 Å². The number of β-amino-alcohol motifs (C(OH)–C–C–N with tert-alkyl or cyclic N) is 1. The van der Waals surface area contributed by atoms with Gasteiger partial charge in [-0.15, -0.1) is 0 Å². The van der Waals surface area contributed by atoms with Gasteiger partial charge in [0.15, 0.2) is 6.61 Å². The standard InChI is InChI=1S/C18H25N3O7S/c1-4-19-18(25)20-16(23)10-28-17(24)15-8-13(22)9-21(15)29(26,27)14-6-5-11(2)12(3)7-14/h5-7,13,15,22H,4,8-10H2,1-3H3,(H2,19,20,23,25)/t13?,15-/m0/s1. The Balaban J connectivity index is 2.10. The molecule has 1 unspecified atom stereocenters. The van der Waals surface area contributed by atoms with Crippen molar-refractivity contribution >= 4 is 27.9 Å². The largest absolute Gasteiger partial charge is 0.454 e. The van der Waals surface area contributed by atoms with Crippen LogP contribution in [-0.4, -0.2) is 67.6 Å². The van der Waals surface area contributed by atoms with E-state index in [-0.39, 0.29) is 17.9 Å². The van der Waals surface area contributed by atoms with E-state index >= 15 is 0 Å². The third-order valence-corrected chi connectivity index (χ3v) is 6.40. The molecule has 0 aliphatic carbocycles. The van der Waals surface area contributed by atoms with Crippen molar-refractivity contribution in [1.82, 2.24) is 14.9 Å². The van der Waals surface area contributed by atoms with Crippen LogP contribution in [0, 0.1) is 13.8 Å². The van der Waals surface area contributed by atoms with Crippen LogP contribution in [0.4, 0.5) is 4.79 Å². The van der Waals surface area contributed by atoms with Gasteiger partial charge in [-0.25, -0.2) is 13.2 Å². The molecule has 0 aromatic heterocycles. The van der Waals surface area contributed by atoms with Crippen molar-refractivity contribution in [1.29, 1.82) is 0 Å². The molecule has 1 aromatic carbocycles. The third kappa shape index (κ3) is 5.52. The van der Waals surface area contributed by atoms with Gasteiger partial charge >= 0.3 is 12.0 Å². The summed E-state index contributed by atoms with van der Waals surface area (Å²) in [5.41, 5.74) is 1.69. The summed E-state index contributed by atoms with van der Waals surface area (Å²) in [7, 11) is -4.06. The minimum Gasteiger partial charge on any atom is -0.454 e. The lowest BCUT2D eigenvalue weighted by molar-refractivity contribution is -0.151. The van der Waals surface area contributed by atoms with E-state index in [0.717, 1.165) is 15.4 Å². The molecular weight excluding hydrogens is 402 g/mol. The number of nitrogens with one attached hydrogen (secondary N) is 2. The van der Waals surface area contributed by atoms with Crippen LogP contribution < -0.4 is 10.6 Å². The number of hydrogen-bond acceptors (Lipinski definition) is 7. The first-order chi connectivity index (χ1) is 13.6. The van der Waals surface area contributed by atoms with Gasteiger partial charge in [-0.2, -0.15) is 4.31 Å². The summed E-state index contributed by atoms with van der Waals surface area (Å²) in [6.45, 7) is 4.58. The van der Waals surface area contributed by atoms with Crippen LogP contribution in [0.3, 0.4) is 0 Å². The Morgan fingerprint density at radius 1 is 1.24 bits per heavy atom. The van der Waals surface area contributed by atoms with E-state index in [2.05, 4.69) is 5.32 Å². The molecule has 0 bridgehead atoms. The van der Waals surface area contributed by atoms with E-state index < -0.39 is 46.7 Å². The van der Waals surface area contributed by atoms with Gasteiger partial charge in [-0.1, -0.05) is 6.07 Å². The molecule has 160 valence electrons. The molecule has 10 nitrogen and oxygen atoms in total. The molecule has 29 heavy (non-hydrogen) atoms. The molecule has 3 amide bonds. The van der Waals surface area contributed by atoms with Crippen molar-refractivity contribution < 1.29 is 32.6 Å². The van der Waals surface area contributed by atoms with Crippen molar-refractivity contribution in [3.8, 4) is 0 Å². The van der Waals surface area contributed by atoms with Gasteiger partial charge in [0.05, 0.1) is 11.0 Å². The van der Waals surface area contributed by atoms with E-state index in [1.807, 2.05) is 12.2 Å². The zero-order valence-corrected chi connectivity index (χ0v) is 17.3. The molecule has 1 aliphatic rings. The van der Waals surface area contributed by atoms with Crippen LogP contribution >= 0.6 is 0 Å². The Bertz CT molecular complexity index is 901. The first-order valence-electron chi connectivity index (χ1n) is 9.07. The highest BCUT2D eigenvalue weighted by Crippen LogP contribution is 2.28. The Morgan fingerprint density at radius 3 is 2.55 bits per heavy atom. The first kappa shape index (κ1) is 22.8. The lowest BCUT2D eigenvalue weighted by Gasteiger charge is -2.22. The van der Waals surface area contributed by atoms with Gasteiger partial charge in [-0.3, -0.25) is 14.9 Å². The van der Waals surface area contributed by atoms with E-state index in [0.29, 0.717) is 6.54 Å². The molecule has 2 rings (SSSR count). The maximum atomic E-state index is 13.0. The SMILES string of the molecule is CCNC(=O)NC(=O)COC(=O)[C@@H]1CC(O)CN1S(=O)(=O)c1ccc(C)c(C)c1. The van der Waals surface area contributed by atoms with Gasteiger partial charge in [-0.05, 0) is 44.0 Å². The molecule has 0 radical (unpaired) electrons. The molecule has 1 aromatic rings. The fraction of sp³-hybridized carbons (Fsp3) is 0.500.